The van der Waals surface area contributed by atoms with E-state index in [1.165, 1.54) is 5.56 Å². The van der Waals surface area contributed by atoms with Crippen molar-refractivity contribution in [3.8, 4) is 0 Å². The lowest BCUT2D eigenvalue weighted by Crippen LogP contribution is -2.00. The van der Waals surface area contributed by atoms with Crippen molar-refractivity contribution in [1.29, 1.82) is 0 Å². The molecule has 0 saturated heterocycles. The molecule has 76 valence electrons. The lowest BCUT2D eigenvalue weighted by molar-refractivity contribution is 1.09. The Morgan fingerprint density at radius 1 is 1.13 bits per heavy atom. The zero-order chi connectivity index (χ0) is 10.5. The van der Waals surface area contributed by atoms with Crippen LogP contribution < -0.4 is 5.32 Å². The van der Waals surface area contributed by atoms with Crippen LogP contribution in [0, 0.1) is 0 Å². The summed E-state index contributed by atoms with van der Waals surface area (Å²) in [6, 6.07) is 9.74. The minimum atomic E-state index is 0.756. The van der Waals surface area contributed by atoms with Crippen LogP contribution >= 0.6 is 15.9 Å². The molecule has 0 aliphatic rings. The largest absolute Gasteiger partial charge is 0.366 e. The number of aromatic nitrogens is 2. The number of hydrogen-bond acceptors (Lipinski definition) is 3. The van der Waals surface area contributed by atoms with E-state index in [-0.39, 0.29) is 0 Å². The molecule has 0 aromatic carbocycles. The first kappa shape index (κ1) is 10.1. The van der Waals surface area contributed by atoms with Gasteiger partial charge in [0, 0.05) is 18.9 Å². The lowest BCUT2D eigenvalue weighted by atomic mass is 10.3. The van der Waals surface area contributed by atoms with E-state index in [9.17, 15) is 0 Å². The maximum absolute atomic E-state index is 4.28. The summed E-state index contributed by atoms with van der Waals surface area (Å²) >= 11 is 3.33. The standard InChI is InChI=1S/C11H10BrN3/c12-10-2-1-3-11(15-10)14-8-9-4-6-13-7-5-9/h1-7H,8H2,(H,14,15). The third kappa shape index (κ3) is 3.02. The Kier molecular flexibility index (Phi) is 3.29. The second-order valence-electron chi connectivity index (χ2n) is 3.05. The van der Waals surface area contributed by atoms with Crippen LogP contribution in [0.5, 0.6) is 0 Å². The molecule has 0 saturated carbocycles. The Morgan fingerprint density at radius 3 is 2.67 bits per heavy atom. The summed E-state index contributed by atoms with van der Waals surface area (Å²) in [6.07, 6.45) is 3.57. The average Bonchev–Trinajstić information content (AvgIpc) is 2.28. The summed E-state index contributed by atoms with van der Waals surface area (Å²) in [5.41, 5.74) is 1.19. The highest BCUT2D eigenvalue weighted by molar-refractivity contribution is 9.10. The van der Waals surface area contributed by atoms with Gasteiger partial charge in [-0.25, -0.2) is 4.98 Å². The van der Waals surface area contributed by atoms with E-state index >= 15 is 0 Å². The molecule has 0 radical (unpaired) electrons. The Morgan fingerprint density at radius 2 is 1.93 bits per heavy atom. The van der Waals surface area contributed by atoms with Gasteiger partial charge in [-0.2, -0.15) is 0 Å². The lowest BCUT2D eigenvalue weighted by Gasteiger charge is -2.05. The Hall–Kier alpha value is -1.42. The summed E-state index contributed by atoms with van der Waals surface area (Å²) in [5.74, 6) is 0.862. The molecule has 0 aliphatic carbocycles. The predicted octanol–water partition coefficient (Wildman–Crippen LogP) is 2.85. The molecule has 0 amide bonds. The number of halogens is 1. The second-order valence-corrected chi connectivity index (χ2v) is 3.87. The van der Waals surface area contributed by atoms with Crippen LogP contribution in [0.25, 0.3) is 0 Å². The van der Waals surface area contributed by atoms with Crippen LogP contribution in [0.3, 0.4) is 0 Å². The second kappa shape index (κ2) is 4.89. The molecule has 3 nitrogen and oxygen atoms in total. The van der Waals surface area contributed by atoms with E-state index in [0.717, 1.165) is 17.0 Å². The highest BCUT2D eigenvalue weighted by Crippen LogP contribution is 2.10. The van der Waals surface area contributed by atoms with Crippen molar-refractivity contribution in [2.75, 3.05) is 5.32 Å². The highest BCUT2D eigenvalue weighted by atomic mass is 79.9. The minimum absolute atomic E-state index is 0.756. The predicted molar refractivity (Wildman–Crippen MR) is 63.5 cm³/mol. The maximum atomic E-state index is 4.28. The first-order chi connectivity index (χ1) is 7.34. The zero-order valence-electron chi connectivity index (χ0n) is 8.02. The first-order valence-corrected chi connectivity index (χ1v) is 5.39. The molecule has 0 aliphatic heterocycles. The van der Waals surface area contributed by atoms with Gasteiger partial charge in [-0.05, 0) is 45.8 Å². The molecule has 2 rings (SSSR count). The molecule has 0 atom stereocenters. The van der Waals surface area contributed by atoms with Crippen LogP contribution in [-0.2, 0) is 6.54 Å². The van der Waals surface area contributed by atoms with E-state index in [1.807, 2.05) is 30.3 Å². The van der Waals surface area contributed by atoms with Gasteiger partial charge < -0.3 is 5.32 Å². The van der Waals surface area contributed by atoms with Gasteiger partial charge in [-0.15, -0.1) is 0 Å². The molecule has 0 spiro atoms. The maximum Gasteiger partial charge on any atom is 0.127 e. The van der Waals surface area contributed by atoms with Gasteiger partial charge in [-0.3, -0.25) is 4.98 Å². The molecular weight excluding hydrogens is 254 g/mol. The van der Waals surface area contributed by atoms with E-state index in [0.29, 0.717) is 0 Å². The Balaban J connectivity index is 1.99. The smallest absolute Gasteiger partial charge is 0.127 e. The normalized spacial score (nSPS) is 9.93. The summed E-state index contributed by atoms with van der Waals surface area (Å²) in [7, 11) is 0. The Labute approximate surface area is 96.7 Å². The number of rotatable bonds is 3. The molecule has 0 fully saturated rings. The fraction of sp³-hybridized carbons (Fsp3) is 0.0909. The van der Waals surface area contributed by atoms with Crippen LogP contribution in [0.1, 0.15) is 5.56 Å². The fourth-order valence-electron chi connectivity index (χ4n) is 1.20. The minimum Gasteiger partial charge on any atom is -0.366 e. The van der Waals surface area contributed by atoms with Gasteiger partial charge in [0.25, 0.3) is 0 Å². The summed E-state index contributed by atoms with van der Waals surface area (Å²) < 4.78 is 0.835. The van der Waals surface area contributed by atoms with Crippen molar-refractivity contribution >= 4 is 21.7 Å². The van der Waals surface area contributed by atoms with Crippen LogP contribution in [-0.4, -0.2) is 9.97 Å². The molecule has 2 heterocycles. The number of pyridine rings is 2. The fourth-order valence-corrected chi connectivity index (χ4v) is 1.54. The molecule has 0 bridgehead atoms. The third-order valence-electron chi connectivity index (χ3n) is 1.94. The van der Waals surface area contributed by atoms with Gasteiger partial charge in [0.15, 0.2) is 0 Å². The van der Waals surface area contributed by atoms with Crippen LogP contribution in [0.2, 0.25) is 0 Å². The quantitative estimate of drug-likeness (QED) is 0.866. The van der Waals surface area contributed by atoms with Gasteiger partial charge in [0.05, 0.1) is 0 Å². The molecule has 15 heavy (non-hydrogen) atoms. The van der Waals surface area contributed by atoms with Crippen molar-refractivity contribution in [3.63, 3.8) is 0 Å². The summed E-state index contributed by atoms with van der Waals surface area (Å²) in [6.45, 7) is 0.756. The molecule has 1 N–H and O–H groups in total. The highest BCUT2D eigenvalue weighted by Gasteiger charge is 1.95. The van der Waals surface area contributed by atoms with Gasteiger partial charge in [-0.1, -0.05) is 6.07 Å². The van der Waals surface area contributed by atoms with Crippen molar-refractivity contribution in [3.05, 3.63) is 52.9 Å². The monoisotopic (exact) mass is 263 g/mol. The van der Waals surface area contributed by atoms with Gasteiger partial charge in [0.1, 0.15) is 10.4 Å². The SMILES string of the molecule is Brc1cccc(NCc2ccncc2)n1. The molecule has 2 aromatic heterocycles. The van der Waals surface area contributed by atoms with E-state index in [4.69, 9.17) is 0 Å². The van der Waals surface area contributed by atoms with E-state index in [2.05, 4.69) is 31.2 Å². The molecule has 2 aromatic rings. The number of hydrogen-bond donors (Lipinski definition) is 1. The van der Waals surface area contributed by atoms with Gasteiger partial charge in [0.2, 0.25) is 0 Å². The average molecular weight is 264 g/mol. The zero-order valence-corrected chi connectivity index (χ0v) is 9.61. The topological polar surface area (TPSA) is 37.8 Å². The summed E-state index contributed by atoms with van der Waals surface area (Å²) in [5, 5.41) is 3.23. The van der Waals surface area contributed by atoms with Crippen LogP contribution in [0.15, 0.2) is 47.3 Å². The molecular formula is C11H10BrN3. The third-order valence-corrected chi connectivity index (χ3v) is 2.38. The Bertz CT molecular complexity index is 431. The van der Waals surface area contributed by atoms with E-state index in [1.54, 1.807) is 12.4 Å². The number of anilines is 1. The summed E-state index contributed by atoms with van der Waals surface area (Å²) in [4.78, 5) is 8.24. The van der Waals surface area contributed by atoms with Crippen molar-refractivity contribution in [2.24, 2.45) is 0 Å². The van der Waals surface area contributed by atoms with Gasteiger partial charge >= 0.3 is 0 Å². The first-order valence-electron chi connectivity index (χ1n) is 4.60. The number of nitrogens with one attached hydrogen (secondary N) is 1. The van der Waals surface area contributed by atoms with Crippen molar-refractivity contribution in [1.82, 2.24) is 9.97 Å². The number of nitrogens with zero attached hydrogens (tertiary/aromatic N) is 2. The van der Waals surface area contributed by atoms with Crippen molar-refractivity contribution in [2.45, 2.75) is 6.54 Å². The molecule has 4 heteroatoms. The van der Waals surface area contributed by atoms with Crippen molar-refractivity contribution < 1.29 is 0 Å². The molecule has 0 unspecified atom stereocenters. The van der Waals surface area contributed by atoms with E-state index < -0.39 is 0 Å². The van der Waals surface area contributed by atoms with Crippen LogP contribution in [0.4, 0.5) is 5.82 Å².